The van der Waals surface area contributed by atoms with E-state index < -0.39 is 0 Å². The van der Waals surface area contributed by atoms with Crippen molar-refractivity contribution < 1.29 is 4.74 Å². The fourth-order valence-corrected chi connectivity index (χ4v) is 1.44. The van der Waals surface area contributed by atoms with Gasteiger partial charge in [-0.05, 0) is 50.9 Å². The fourth-order valence-electron chi connectivity index (χ4n) is 1.44. The molecule has 0 aliphatic carbocycles. The lowest BCUT2D eigenvalue weighted by molar-refractivity contribution is 0.264. The SMILES string of the molecule is CC(C)(C#N)CCOc1cccc(CCN)c1. The van der Waals surface area contributed by atoms with E-state index in [0.717, 1.165) is 18.6 Å². The zero-order valence-corrected chi connectivity index (χ0v) is 10.6. The lowest BCUT2D eigenvalue weighted by Gasteiger charge is -2.15. The number of rotatable bonds is 6. The van der Waals surface area contributed by atoms with E-state index in [1.807, 2.05) is 38.1 Å². The number of benzene rings is 1. The Morgan fingerprint density at radius 1 is 1.41 bits per heavy atom. The van der Waals surface area contributed by atoms with E-state index in [9.17, 15) is 0 Å². The molecule has 0 aliphatic rings. The molecular weight excluding hydrogens is 212 g/mol. The molecule has 17 heavy (non-hydrogen) atoms. The van der Waals surface area contributed by atoms with Crippen LogP contribution in [0.25, 0.3) is 0 Å². The Labute approximate surface area is 103 Å². The summed E-state index contributed by atoms with van der Waals surface area (Å²) in [6.45, 7) is 5.04. The van der Waals surface area contributed by atoms with Gasteiger partial charge in [0.15, 0.2) is 0 Å². The average molecular weight is 232 g/mol. The van der Waals surface area contributed by atoms with Crippen molar-refractivity contribution in [1.29, 1.82) is 5.26 Å². The Bertz CT molecular complexity index is 393. The van der Waals surface area contributed by atoms with Gasteiger partial charge >= 0.3 is 0 Å². The molecule has 1 aromatic rings. The summed E-state index contributed by atoms with van der Waals surface area (Å²) in [5.74, 6) is 0.852. The lowest BCUT2D eigenvalue weighted by Crippen LogP contribution is -2.13. The van der Waals surface area contributed by atoms with Gasteiger partial charge in [0.1, 0.15) is 5.75 Å². The summed E-state index contributed by atoms with van der Waals surface area (Å²) in [4.78, 5) is 0. The minimum Gasteiger partial charge on any atom is -0.494 e. The molecule has 1 rings (SSSR count). The van der Waals surface area contributed by atoms with Crippen LogP contribution < -0.4 is 10.5 Å². The highest BCUT2D eigenvalue weighted by Gasteiger charge is 2.16. The van der Waals surface area contributed by atoms with Crippen LogP contribution in [0.4, 0.5) is 0 Å². The van der Waals surface area contributed by atoms with Crippen LogP contribution in [0.15, 0.2) is 24.3 Å². The first-order valence-corrected chi connectivity index (χ1v) is 5.90. The molecule has 0 aliphatic heterocycles. The Kier molecular flexibility index (Phi) is 4.99. The third kappa shape index (κ3) is 4.88. The summed E-state index contributed by atoms with van der Waals surface area (Å²) in [6.07, 6.45) is 1.59. The number of nitriles is 1. The second-order valence-corrected chi connectivity index (χ2v) is 4.78. The van der Waals surface area contributed by atoms with Crippen LogP contribution in [0, 0.1) is 16.7 Å². The van der Waals surface area contributed by atoms with Crippen LogP contribution in [0.1, 0.15) is 25.8 Å². The summed E-state index contributed by atoms with van der Waals surface area (Å²) in [7, 11) is 0. The van der Waals surface area contributed by atoms with Crippen LogP contribution in [0.2, 0.25) is 0 Å². The molecule has 0 fully saturated rings. The molecule has 0 spiro atoms. The van der Waals surface area contributed by atoms with Gasteiger partial charge in [-0.25, -0.2) is 0 Å². The molecule has 2 N–H and O–H groups in total. The maximum Gasteiger partial charge on any atom is 0.119 e. The Morgan fingerprint density at radius 2 is 2.18 bits per heavy atom. The van der Waals surface area contributed by atoms with Crippen LogP contribution >= 0.6 is 0 Å². The average Bonchev–Trinajstić information content (AvgIpc) is 2.30. The molecule has 0 unspecified atom stereocenters. The van der Waals surface area contributed by atoms with Gasteiger partial charge in [0, 0.05) is 0 Å². The molecule has 0 saturated heterocycles. The van der Waals surface area contributed by atoms with E-state index >= 15 is 0 Å². The van der Waals surface area contributed by atoms with Gasteiger partial charge in [0.05, 0.1) is 18.1 Å². The highest BCUT2D eigenvalue weighted by molar-refractivity contribution is 5.28. The molecule has 0 heterocycles. The van der Waals surface area contributed by atoms with Gasteiger partial charge in [-0.2, -0.15) is 5.26 Å². The van der Waals surface area contributed by atoms with Crippen molar-refractivity contribution in [2.75, 3.05) is 13.2 Å². The number of nitrogens with two attached hydrogens (primary N) is 1. The van der Waals surface area contributed by atoms with Crippen molar-refractivity contribution in [3.05, 3.63) is 29.8 Å². The highest BCUT2D eigenvalue weighted by atomic mass is 16.5. The maximum atomic E-state index is 8.89. The topological polar surface area (TPSA) is 59.0 Å². The Balaban J connectivity index is 2.47. The number of hydrogen-bond acceptors (Lipinski definition) is 3. The second kappa shape index (κ2) is 6.27. The number of nitrogens with zero attached hydrogens (tertiary/aromatic N) is 1. The minimum atomic E-state index is -0.325. The Hall–Kier alpha value is -1.53. The van der Waals surface area contributed by atoms with E-state index in [0.29, 0.717) is 13.2 Å². The van der Waals surface area contributed by atoms with Crippen molar-refractivity contribution in [1.82, 2.24) is 0 Å². The van der Waals surface area contributed by atoms with Crippen LogP contribution in [-0.2, 0) is 6.42 Å². The van der Waals surface area contributed by atoms with Crippen molar-refractivity contribution in [2.24, 2.45) is 11.1 Å². The first-order chi connectivity index (χ1) is 8.07. The first kappa shape index (κ1) is 13.5. The summed E-state index contributed by atoms with van der Waals surface area (Å²) in [5, 5.41) is 8.89. The standard InChI is InChI=1S/C14H20N2O/c1-14(2,11-16)7-9-17-13-5-3-4-12(10-13)6-8-15/h3-5,10H,6-9,15H2,1-2H3. The summed E-state index contributed by atoms with van der Waals surface area (Å²) in [6, 6.07) is 10.2. The number of ether oxygens (including phenoxy) is 1. The predicted octanol–water partition coefficient (Wildman–Crippen LogP) is 2.51. The van der Waals surface area contributed by atoms with Crippen molar-refractivity contribution in [3.8, 4) is 11.8 Å². The van der Waals surface area contributed by atoms with Crippen LogP contribution in [0.3, 0.4) is 0 Å². The molecule has 1 aromatic carbocycles. The zero-order chi connectivity index (χ0) is 12.7. The number of hydrogen-bond donors (Lipinski definition) is 1. The van der Waals surface area contributed by atoms with Crippen molar-refractivity contribution in [2.45, 2.75) is 26.7 Å². The van der Waals surface area contributed by atoms with E-state index in [2.05, 4.69) is 6.07 Å². The van der Waals surface area contributed by atoms with Gasteiger partial charge < -0.3 is 10.5 Å². The molecule has 0 aromatic heterocycles. The van der Waals surface area contributed by atoms with Gasteiger partial charge in [-0.1, -0.05) is 12.1 Å². The zero-order valence-electron chi connectivity index (χ0n) is 10.6. The highest BCUT2D eigenvalue weighted by Crippen LogP contribution is 2.20. The van der Waals surface area contributed by atoms with Gasteiger partial charge in [0.25, 0.3) is 0 Å². The quantitative estimate of drug-likeness (QED) is 0.819. The molecule has 0 bridgehead atoms. The van der Waals surface area contributed by atoms with E-state index in [4.69, 9.17) is 15.7 Å². The van der Waals surface area contributed by atoms with Crippen LogP contribution in [0.5, 0.6) is 5.75 Å². The minimum absolute atomic E-state index is 0.325. The van der Waals surface area contributed by atoms with E-state index in [1.54, 1.807) is 0 Å². The predicted molar refractivity (Wildman–Crippen MR) is 68.7 cm³/mol. The smallest absolute Gasteiger partial charge is 0.119 e. The normalized spacial score (nSPS) is 10.9. The third-order valence-electron chi connectivity index (χ3n) is 2.63. The van der Waals surface area contributed by atoms with Crippen molar-refractivity contribution >= 4 is 0 Å². The first-order valence-electron chi connectivity index (χ1n) is 5.90. The molecule has 0 saturated carbocycles. The van der Waals surface area contributed by atoms with Gasteiger partial charge in [-0.3, -0.25) is 0 Å². The molecule has 0 radical (unpaired) electrons. The van der Waals surface area contributed by atoms with Crippen molar-refractivity contribution in [3.63, 3.8) is 0 Å². The molecule has 3 nitrogen and oxygen atoms in total. The van der Waals surface area contributed by atoms with E-state index in [-0.39, 0.29) is 5.41 Å². The fraction of sp³-hybridized carbons (Fsp3) is 0.500. The summed E-state index contributed by atoms with van der Waals surface area (Å²) in [5.41, 5.74) is 6.37. The van der Waals surface area contributed by atoms with Crippen LogP contribution in [-0.4, -0.2) is 13.2 Å². The van der Waals surface area contributed by atoms with Gasteiger partial charge in [0.2, 0.25) is 0 Å². The Morgan fingerprint density at radius 3 is 2.82 bits per heavy atom. The maximum absolute atomic E-state index is 8.89. The second-order valence-electron chi connectivity index (χ2n) is 4.78. The molecular formula is C14H20N2O. The summed E-state index contributed by atoms with van der Waals surface area (Å²) < 4.78 is 5.64. The molecule has 0 atom stereocenters. The molecule has 3 heteroatoms. The molecule has 92 valence electrons. The third-order valence-corrected chi connectivity index (χ3v) is 2.63. The summed E-state index contributed by atoms with van der Waals surface area (Å²) >= 11 is 0. The van der Waals surface area contributed by atoms with Gasteiger partial charge in [-0.15, -0.1) is 0 Å². The molecule has 0 amide bonds. The monoisotopic (exact) mass is 232 g/mol. The van der Waals surface area contributed by atoms with E-state index in [1.165, 1.54) is 5.56 Å². The largest absolute Gasteiger partial charge is 0.494 e. The lowest BCUT2D eigenvalue weighted by atomic mass is 9.92.